The van der Waals surface area contributed by atoms with Crippen LogP contribution in [0.2, 0.25) is 0 Å². The molecule has 7 nitrogen and oxygen atoms in total. The van der Waals surface area contributed by atoms with Crippen molar-refractivity contribution < 1.29 is 9.72 Å². The molecule has 1 aliphatic heterocycles. The molecule has 0 bridgehead atoms. The van der Waals surface area contributed by atoms with Crippen LogP contribution < -0.4 is 15.1 Å². The number of hydrogen-bond donors (Lipinski definition) is 1. The summed E-state index contributed by atoms with van der Waals surface area (Å²) in [5, 5.41) is 13.9. The van der Waals surface area contributed by atoms with Gasteiger partial charge < -0.3 is 15.1 Å². The van der Waals surface area contributed by atoms with E-state index in [0.717, 1.165) is 18.8 Å². The molecular weight excluding hydrogens is 344 g/mol. The van der Waals surface area contributed by atoms with Crippen molar-refractivity contribution in [1.29, 1.82) is 0 Å². The minimum absolute atomic E-state index is 0.105. The van der Waals surface area contributed by atoms with Crippen LogP contribution in [0.25, 0.3) is 0 Å². The molecule has 1 aliphatic rings. The molecule has 0 unspecified atom stereocenters. The lowest BCUT2D eigenvalue weighted by Gasteiger charge is -2.28. The first-order chi connectivity index (χ1) is 13.0. The summed E-state index contributed by atoms with van der Waals surface area (Å²) in [4.78, 5) is 27.4. The maximum Gasteiger partial charge on any atom is 0.270 e. The number of nitrogens with zero attached hydrogens (tertiary/aromatic N) is 3. The molecule has 0 spiro atoms. The Balaban J connectivity index is 1.78. The molecule has 1 fully saturated rings. The number of carbonyl (C=O) groups is 1. The van der Waals surface area contributed by atoms with Gasteiger partial charge in [0.2, 0.25) is 0 Å². The largest absolute Gasteiger partial charge is 0.377 e. The summed E-state index contributed by atoms with van der Waals surface area (Å²) in [7, 11) is 3.59. The minimum atomic E-state index is -0.496. The molecule has 2 aromatic rings. The SMILES string of the molecule is CN(C)c1ccc([N+](=O)[O-])cc1C(=O)Nc1ccc(N2CCCCC2)cc1. The molecule has 0 aliphatic carbocycles. The zero-order chi connectivity index (χ0) is 19.4. The number of non-ortho nitro benzene ring substituents is 1. The first-order valence-electron chi connectivity index (χ1n) is 9.08. The molecule has 1 amide bonds. The van der Waals surface area contributed by atoms with Gasteiger partial charge in [0.25, 0.3) is 11.6 Å². The van der Waals surface area contributed by atoms with Gasteiger partial charge in [0.15, 0.2) is 0 Å². The maximum atomic E-state index is 12.7. The number of carbonyl (C=O) groups excluding carboxylic acids is 1. The highest BCUT2D eigenvalue weighted by Gasteiger charge is 2.18. The van der Waals surface area contributed by atoms with Gasteiger partial charge in [0.1, 0.15) is 0 Å². The van der Waals surface area contributed by atoms with E-state index >= 15 is 0 Å². The summed E-state index contributed by atoms with van der Waals surface area (Å²) in [6.45, 7) is 2.12. The third-order valence-corrected chi connectivity index (χ3v) is 4.76. The topological polar surface area (TPSA) is 78.7 Å². The van der Waals surface area contributed by atoms with Crippen molar-refractivity contribution in [2.75, 3.05) is 42.3 Å². The van der Waals surface area contributed by atoms with Gasteiger partial charge in [-0.05, 0) is 49.6 Å². The van der Waals surface area contributed by atoms with Crippen molar-refractivity contribution >= 4 is 28.7 Å². The molecule has 142 valence electrons. The van der Waals surface area contributed by atoms with Gasteiger partial charge in [-0.2, -0.15) is 0 Å². The van der Waals surface area contributed by atoms with Crippen LogP contribution in [0.3, 0.4) is 0 Å². The summed E-state index contributed by atoms with van der Waals surface area (Å²) in [6, 6.07) is 12.0. The highest BCUT2D eigenvalue weighted by Crippen LogP contribution is 2.26. The molecule has 7 heteroatoms. The number of benzene rings is 2. The number of piperidine rings is 1. The number of rotatable bonds is 5. The van der Waals surface area contributed by atoms with Crippen LogP contribution in [0.15, 0.2) is 42.5 Å². The Labute approximate surface area is 158 Å². The first kappa shape index (κ1) is 18.7. The molecular formula is C20H24N4O3. The highest BCUT2D eigenvalue weighted by molar-refractivity contribution is 6.08. The molecule has 1 saturated heterocycles. The molecule has 0 atom stereocenters. The van der Waals surface area contributed by atoms with E-state index in [1.165, 1.54) is 31.4 Å². The number of hydrogen-bond acceptors (Lipinski definition) is 5. The second kappa shape index (κ2) is 8.07. The van der Waals surface area contributed by atoms with Crippen molar-refractivity contribution in [3.8, 4) is 0 Å². The van der Waals surface area contributed by atoms with Crippen LogP contribution in [0.4, 0.5) is 22.7 Å². The van der Waals surface area contributed by atoms with E-state index in [-0.39, 0.29) is 17.2 Å². The summed E-state index contributed by atoms with van der Waals surface area (Å²) in [6.07, 6.45) is 3.69. The predicted molar refractivity (Wildman–Crippen MR) is 108 cm³/mol. The van der Waals surface area contributed by atoms with Crippen LogP contribution in [0.1, 0.15) is 29.6 Å². The van der Waals surface area contributed by atoms with Gasteiger partial charge in [-0.1, -0.05) is 0 Å². The van der Waals surface area contributed by atoms with Crippen molar-refractivity contribution in [1.82, 2.24) is 0 Å². The number of nitrogens with one attached hydrogen (secondary N) is 1. The Bertz CT molecular complexity index is 828. The number of nitro benzene ring substituents is 1. The second-order valence-corrected chi connectivity index (χ2v) is 6.90. The summed E-state index contributed by atoms with van der Waals surface area (Å²) >= 11 is 0. The molecule has 0 radical (unpaired) electrons. The van der Waals surface area contributed by atoms with E-state index < -0.39 is 4.92 Å². The normalized spacial score (nSPS) is 13.9. The lowest BCUT2D eigenvalue weighted by Crippen LogP contribution is -2.29. The molecule has 1 N–H and O–H groups in total. The molecule has 27 heavy (non-hydrogen) atoms. The Hall–Kier alpha value is -3.09. The fraction of sp³-hybridized carbons (Fsp3) is 0.350. The summed E-state index contributed by atoms with van der Waals surface area (Å²) in [5.41, 5.74) is 2.61. The average Bonchev–Trinajstić information content (AvgIpc) is 2.68. The molecule has 3 rings (SSSR count). The van der Waals surface area contributed by atoms with E-state index in [9.17, 15) is 14.9 Å². The molecule has 0 saturated carbocycles. The Kier molecular flexibility index (Phi) is 5.59. The van der Waals surface area contributed by atoms with E-state index in [4.69, 9.17) is 0 Å². The highest BCUT2D eigenvalue weighted by atomic mass is 16.6. The lowest BCUT2D eigenvalue weighted by atomic mass is 10.1. The zero-order valence-electron chi connectivity index (χ0n) is 15.6. The van der Waals surface area contributed by atoms with Crippen LogP contribution in [-0.4, -0.2) is 38.0 Å². The van der Waals surface area contributed by atoms with Crippen molar-refractivity contribution in [2.45, 2.75) is 19.3 Å². The van der Waals surface area contributed by atoms with Gasteiger partial charge in [-0.3, -0.25) is 14.9 Å². The van der Waals surface area contributed by atoms with Gasteiger partial charge >= 0.3 is 0 Å². The first-order valence-corrected chi connectivity index (χ1v) is 9.08. The smallest absolute Gasteiger partial charge is 0.270 e. The van der Waals surface area contributed by atoms with Crippen molar-refractivity contribution in [2.24, 2.45) is 0 Å². The Morgan fingerprint density at radius 2 is 1.74 bits per heavy atom. The zero-order valence-corrected chi connectivity index (χ0v) is 15.6. The number of anilines is 3. The van der Waals surface area contributed by atoms with Crippen molar-refractivity contribution in [3.63, 3.8) is 0 Å². The fourth-order valence-electron chi connectivity index (χ4n) is 3.32. The molecule has 1 heterocycles. The number of amides is 1. The third-order valence-electron chi connectivity index (χ3n) is 4.76. The second-order valence-electron chi connectivity index (χ2n) is 6.90. The van der Waals surface area contributed by atoms with E-state index in [2.05, 4.69) is 10.2 Å². The number of nitro groups is 1. The van der Waals surface area contributed by atoms with Crippen molar-refractivity contribution in [3.05, 3.63) is 58.1 Å². The quantitative estimate of drug-likeness (QED) is 0.639. The van der Waals surface area contributed by atoms with Crippen LogP contribution in [0.5, 0.6) is 0 Å². The van der Waals surface area contributed by atoms with Crippen LogP contribution >= 0.6 is 0 Å². The third kappa shape index (κ3) is 4.36. The average molecular weight is 368 g/mol. The summed E-state index contributed by atoms with van der Waals surface area (Å²) in [5.74, 6) is -0.367. The standard InChI is InChI=1S/C20H24N4O3/c1-22(2)19-11-10-17(24(26)27)14-18(19)20(25)21-15-6-8-16(9-7-15)23-12-4-3-5-13-23/h6-11,14H,3-5,12-13H2,1-2H3,(H,21,25). The summed E-state index contributed by atoms with van der Waals surface area (Å²) < 4.78 is 0. The van der Waals surface area contributed by atoms with E-state index in [1.807, 2.05) is 24.3 Å². The monoisotopic (exact) mass is 368 g/mol. The van der Waals surface area contributed by atoms with Crippen LogP contribution in [0, 0.1) is 10.1 Å². The van der Waals surface area contributed by atoms with E-state index in [1.54, 1.807) is 25.1 Å². The van der Waals surface area contributed by atoms with Gasteiger partial charge in [-0.15, -0.1) is 0 Å². The maximum absolute atomic E-state index is 12.7. The fourth-order valence-corrected chi connectivity index (χ4v) is 3.32. The predicted octanol–water partition coefficient (Wildman–Crippen LogP) is 3.90. The Morgan fingerprint density at radius 1 is 1.07 bits per heavy atom. The molecule has 2 aromatic carbocycles. The van der Waals surface area contributed by atoms with E-state index in [0.29, 0.717) is 11.4 Å². The minimum Gasteiger partial charge on any atom is -0.377 e. The van der Waals surface area contributed by atoms with Crippen LogP contribution in [-0.2, 0) is 0 Å². The van der Waals surface area contributed by atoms with Gasteiger partial charge in [-0.25, -0.2) is 0 Å². The molecule has 0 aromatic heterocycles. The Morgan fingerprint density at radius 3 is 2.33 bits per heavy atom. The lowest BCUT2D eigenvalue weighted by molar-refractivity contribution is -0.384. The van der Waals surface area contributed by atoms with Gasteiger partial charge in [0.05, 0.1) is 10.5 Å². The van der Waals surface area contributed by atoms with Gasteiger partial charge in [0, 0.05) is 56.4 Å².